The number of carbonyl (C=O) groups excluding carboxylic acids is 1. The summed E-state index contributed by atoms with van der Waals surface area (Å²) in [5, 5.41) is 11.5. The standard InChI is InChI=1S/C13H25N3O3/c1-10(12(17)18)4-6-14-13(19)16(3)9-11-5-7-15(2)8-11/h10-11H,4-9H2,1-3H3,(H,14,19)(H,17,18). The molecule has 2 amide bonds. The van der Waals surface area contributed by atoms with Gasteiger partial charge in [0.2, 0.25) is 0 Å². The molecule has 0 aliphatic carbocycles. The molecule has 2 atom stereocenters. The molecule has 0 aromatic rings. The van der Waals surface area contributed by atoms with Gasteiger partial charge in [-0.2, -0.15) is 0 Å². The zero-order chi connectivity index (χ0) is 14.4. The zero-order valence-electron chi connectivity index (χ0n) is 12.1. The first-order chi connectivity index (χ1) is 8.90. The van der Waals surface area contributed by atoms with Crippen LogP contribution in [0.15, 0.2) is 0 Å². The molecule has 6 nitrogen and oxygen atoms in total. The summed E-state index contributed by atoms with van der Waals surface area (Å²) in [6, 6.07) is -0.118. The maximum Gasteiger partial charge on any atom is 0.317 e. The Labute approximate surface area is 114 Å². The van der Waals surface area contributed by atoms with Gasteiger partial charge < -0.3 is 20.2 Å². The first-order valence-corrected chi connectivity index (χ1v) is 6.80. The van der Waals surface area contributed by atoms with E-state index in [1.54, 1.807) is 18.9 Å². The number of nitrogens with zero attached hydrogens (tertiary/aromatic N) is 2. The minimum atomic E-state index is -0.823. The summed E-state index contributed by atoms with van der Waals surface area (Å²) in [6.45, 7) is 4.93. The topological polar surface area (TPSA) is 72.9 Å². The Morgan fingerprint density at radius 3 is 2.74 bits per heavy atom. The van der Waals surface area contributed by atoms with Crippen molar-refractivity contribution in [2.24, 2.45) is 11.8 Å². The molecule has 1 rings (SSSR count). The first kappa shape index (κ1) is 15.8. The van der Waals surface area contributed by atoms with Crippen LogP contribution in [0.4, 0.5) is 4.79 Å². The Balaban J connectivity index is 2.19. The van der Waals surface area contributed by atoms with Crippen LogP contribution in [0.3, 0.4) is 0 Å². The number of nitrogens with one attached hydrogen (secondary N) is 1. The van der Waals surface area contributed by atoms with Gasteiger partial charge >= 0.3 is 12.0 Å². The van der Waals surface area contributed by atoms with Crippen molar-refractivity contribution in [1.29, 1.82) is 0 Å². The summed E-state index contributed by atoms with van der Waals surface area (Å²) in [6.07, 6.45) is 1.59. The van der Waals surface area contributed by atoms with Crippen molar-refractivity contribution in [1.82, 2.24) is 15.1 Å². The van der Waals surface area contributed by atoms with Crippen LogP contribution >= 0.6 is 0 Å². The van der Waals surface area contributed by atoms with Gasteiger partial charge in [0.05, 0.1) is 5.92 Å². The van der Waals surface area contributed by atoms with Gasteiger partial charge in [-0.15, -0.1) is 0 Å². The SMILES string of the molecule is CC(CCNC(=O)N(C)CC1CCN(C)C1)C(=O)O. The van der Waals surface area contributed by atoms with Crippen molar-refractivity contribution >= 4 is 12.0 Å². The largest absolute Gasteiger partial charge is 0.481 e. The normalized spacial score (nSPS) is 21.1. The molecule has 1 saturated heterocycles. The van der Waals surface area contributed by atoms with Crippen LogP contribution in [0, 0.1) is 11.8 Å². The molecule has 0 saturated carbocycles. The van der Waals surface area contributed by atoms with Gasteiger partial charge in [0, 0.05) is 26.7 Å². The van der Waals surface area contributed by atoms with E-state index in [1.165, 1.54) is 0 Å². The quantitative estimate of drug-likeness (QED) is 0.745. The van der Waals surface area contributed by atoms with Crippen molar-refractivity contribution in [3.05, 3.63) is 0 Å². The van der Waals surface area contributed by atoms with Crippen molar-refractivity contribution < 1.29 is 14.7 Å². The van der Waals surface area contributed by atoms with Crippen molar-refractivity contribution in [3.8, 4) is 0 Å². The fourth-order valence-electron chi connectivity index (χ4n) is 2.30. The lowest BCUT2D eigenvalue weighted by atomic mass is 10.1. The molecular weight excluding hydrogens is 246 g/mol. The van der Waals surface area contributed by atoms with Crippen LogP contribution in [-0.2, 0) is 4.79 Å². The lowest BCUT2D eigenvalue weighted by molar-refractivity contribution is -0.141. The zero-order valence-corrected chi connectivity index (χ0v) is 12.1. The number of hydrogen-bond acceptors (Lipinski definition) is 3. The third-order valence-electron chi connectivity index (χ3n) is 3.64. The predicted octanol–water partition coefficient (Wildman–Crippen LogP) is 0.690. The van der Waals surface area contributed by atoms with E-state index >= 15 is 0 Å². The Kier molecular flexibility index (Phi) is 6.08. The number of urea groups is 1. The third-order valence-corrected chi connectivity index (χ3v) is 3.64. The fourth-order valence-corrected chi connectivity index (χ4v) is 2.30. The molecule has 0 aromatic heterocycles. The monoisotopic (exact) mass is 271 g/mol. The number of carboxylic acid groups (broad SMARTS) is 1. The Bertz CT molecular complexity index is 322. The highest BCUT2D eigenvalue weighted by atomic mass is 16.4. The average Bonchev–Trinajstić information content (AvgIpc) is 2.74. The highest BCUT2D eigenvalue weighted by Crippen LogP contribution is 2.15. The third kappa shape index (κ3) is 5.46. The van der Waals surface area contributed by atoms with E-state index in [0.717, 1.165) is 26.1 Å². The lowest BCUT2D eigenvalue weighted by Crippen LogP contribution is -2.41. The number of carboxylic acids is 1. The number of rotatable bonds is 6. The van der Waals surface area contributed by atoms with Crippen LogP contribution < -0.4 is 5.32 Å². The Hall–Kier alpha value is -1.30. The molecule has 0 radical (unpaired) electrons. The number of hydrogen-bond donors (Lipinski definition) is 2. The molecule has 1 fully saturated rings. The highest BCUT2D eigenvalue weighted by molar-refractivity contribution is 5.74. The second-order valence-electron chi connectivity index (χ2n) is 5.56. The van der Waals surface area contributed by atoms with E-state index < -0.39 is 11.9 Å². The van der Waals surface area contributed by atoms with Gasteiger partial charge in [0.25, 0.3) is 0 Å². The minimum absolute atomic E-state index is 0.118. The summed E-state index contributed by atoms with van der Waals surface area (Å²) in [4.78, 5) is 26.4. The predicted molar refractivity (Wildman–Crippen MR) is 73.0 cm³/mol. The van der Waals surface area contributed by atoms with Gasteiger partial charge in [-0.3, -0.25) is 4.79 Å². The van der Waals surface area contributed by atoms with E-state index in [9.17, 15) is 9.59 Å². The van der Waals surface area contributed by atoms with Gasteiger partial charge in [-0.1, -0.05) is 6.92 Å². The Morgan fingerprint density at radius 1 is 1.53 bits per heavy atom. The number of aliphatic carboxylic acids is 1. The summed E-state index contributed by atoms with van der Waals surface area (Å²) in [7, 11) is 3.88. The van der Waals surface area contributed by atoms with Gasteiger partial charge in [-0.25, -0.2) is 4.79 Å². The van der Waals surface area contributed by atoms with E-state index in [0.29, 0.717) is 18.9 Å². The summed E-state index contributed by atoms with van der Waals surface area (Å²) in [5.74, 6) is -0.704. The van der Waals surface area contributed by atoms with Gasteiger partial charge in [-0.05, 0) is 32.4 Å². The molecular formula is C13H25N3O3. The maximum atomic E-state index is 11.8. The second kappa shape index (κ2) is 7.33. The smallest absolute Gasteiger partial charge is 0.317 e. The fraction of sp³-hybridized carbons (Fsp3) is 0.846. The molecule has 0 spiro atoms. The maximum absolute atomic E-state index is 11.8. The van der Waals surface area contributed by atoms with Crippen molar-refractivity contribution in [2.45, 2.75) is 19.8 Å². The van der Waals surface area contributed by atoms with Crippen LogP contribution in [-0.4, -0.2) is 67.2 Å². The molecule has 19 heavy (non-hydrogen) atoms. The summed E-state index contributed by atoms with van der Waals surface area (Å²) in [5.41, 5.74) is 0. The molecule has 1 heterocycles. The lowest BCUT2D eigenvalue weighted by Gasteiger charge is -2.21. The first-order valence-electron chi connectivity index (χ1n) is 6.80. The van der Waals surface area contributed by atoms with E-state index in [1.807, 2.05) is 0 Å². The van der Waals surface area contributed by atoms with Crippen LogP contribution in [0.1, 0.15) is 19.8 Å². The number of carbonyl (C=O) groups is 2. The van der Waals surface area contributed by atoms with Crippen LogP contribution in [0.2, 0.25) is 0 Å². The molecule has 1 aliphatic heterocycles. The van der Waals surface area contributed by atoms with E-state index in [4.69, 9.17) is 5.11 Å². The molecule has 2 unspecified atom stereocenters. The molecule has 1 aliphatic rings. The number of amides is 2. The van der Waals surface area contributed by atoms with Crippen molar-refractivity contribution in [2.75, 3.05) is 40.3 Å². The number of likely N-dealkylation sites (tertiary alicyclic amines) is 1. The Morgan fingerprint density at radius 2 is 2.21 bits per heavy atom. The van der Waals surface area contributed by atoms with Crippen molar-refractivity contribution in [3.63, 3.8) is 0 Å². The summed E-state index contributed by atoms with van der Waals surface area (Å²) >= 11 is 0. The summed E-state index contributed by atoms with van der Waals surface area (Å²) < 4.78 is 0. The molecule has 0 aromatic carbocycles. The van der Waals surface area contributed by atoms with E-state index in [2.05, 4.69) is 17.3 Å². The minimum Gasteiger partial charge on any atom is -0.481 e. The highest BCUT2D eigenvalue weighted by Gasteiger charge is 2.22. The molecule has 0 bridgehead atoms. The second-order valence-corrected chi connectivity index (χ2v) is 5.56. The molecule has 110 valence electrons. The molecule has 6 heteroatoms. The van der Waals surface area contributed by atoms with Crippen LogP contribution in [0.5, 0.6) is 0 Å². The van der Waals surface area contributed by atoms with Gasteiger partial charge in [0.15, 0.2) is 0 Å². The van der Waals surface area contributed by atoms with E-state index in [-0.39, 0.29) is 6.03 Å². The average molecular weight is 271 g/mol. The van der Waals surface area contributed by atoms with Crippen LogP contribution in [0.25, 0.3) is 0 Å². The molecule has 2 N–H and O–H groups in total. The van der Waals surface area contributed by atoms with Gasteiger partial charge in [0.1, 0.15) is 0 Å².